The first kappa shape index (κ1) is 22.0. The molecule has 30 heavy (non-hydrogen) atoms. The average Bonchev–Trinajstić information content (AvgIpc) is 3.14. The van der Waals surface area contributed by atoms with Gasteiger partial charge in [0.15, 0.2) is 12.4 Å². The molecule has 9 heteroatoms. The lowest BCUT2D eigenvalue weighted by atomic mass is 10.2. The highest BCUT2D eigenvalue weighted by atomic mass is 35.5. The van der Waals surface area contributed by atoms with Crippen LogP contribution in [0.25, 0.3) is 0 Å². The van der Waals surface area contributed by atoms with Crippen LogP contribution in [0.3, 0.4) is 0 Å². The maximum absolute atomic E-state index is 12.8. The summed E-state index contributed by atoms with van der Waals surface area (Å²) in [6, 6.07) is 13.9. The average molecular weight is 465 g/mol. The lowest BCUT2D eigenvalue weighted by Crippen LogP contribution is -2.17. The Balaban J connectivity index is 1.79. The van der Waals surface area contributed by atoms with Crippen molar-refractivity contribution in [1.29, 1.82) is 0 Å². The van der Waals surface area contributed by atoms with E-state index in [0.29, 0.717) is 14.8 Å². The minimum absolute atomic E-state index is 0.00965. The number of Topliss-reactive ketones (excluding diaryl/α,β-unsaturated/α-hetero) is 1. The summed E-state index contributed by atoms with van der Waals surface area (Å²) in [7, 11) is -4.18. The second kappa shape index (κ2) is 8.99. The molecule has 0 atom stereocenters. The second-order valence-electron chi connectivity index (χ2n) is 6.41. The Morgan fingerprint density at radius 3 is 2.47 bits per heavy atom. The molecule has 6 nitrogen and oxygen atoms in total. The van der Waals surface area contributed by atoms with Crippen molar-refractivity contribution in [3.05, 3.63) is 80.5 Å². The number of rotatable bonds is 7. The zero-order valence-electron chi connectivity index (χ0n) is 16.0. The van der Waals surface area contributed by atoms with Crippen molar-refractivity contribution in [1.82, 2.24) is 0 Å². The number of para-hydroxylation sites is 1. The maximum atomic E-state index is 12.8. The number of ketones is 1. The molecule has 0 aliphatic rings. The van der Waals surface area contributed by atoms with E-state index in [1.54, 1.807) is 32.0 Å². The van der Waals surface area contributed by atoms with Crippen molar-refractivity contribution in [3.63, 3.8) is 0 Å². The molecule has 2 aromatic carbocycles. The van der Waals surface area contributed by atoms with Gasteiger partial charge in [0.25, 0.3) is 0 Å². The first-order valence-electron chi connectivity index (χ1n) is 8.74. The predicted molar refractivity (Wildman–Crippen MR) is 114 cm³/mol. The first-order valence-corrected chi connectivity index (χ1v) is 11.3. The zero-order valence-corrected chi connectivity index (χ0v) is 18.4. The molecule has 0 N–H and O–H groups in total. The van der Waals surface area contributed by atoms with Gasteiger partial charge < -0.3 is 8.92 Å². The van der Waals surface area contributed by atoms with E-state index >= 15 is 0 Å². The summed E-state index contributed by atoms with van der Waals surface area (Å²) in [5, 5.41) is 0. The lowest BCUT2D eigenvalue weighted by molar-refractivity contribution is 0.0474. The number of hydrogen-bond acceptors (Lipinski definition) is 7. The van der Waals surface area contributed by atoms with Gasteiger partial charge in [-0.1, -0.05) is 35.9 Å². The quantitative estimate of drug-likeness (QED) is 0.283. The number of ether oxygens (including phenoxy) is 1. The Morgan fingerprint density at radius 1 is 1.03 bits per heavy atom. The molecule has 1 aromatic heterocycles. The van der Waals surface area contributed by atoms with E-state index in [1.165, 1.54) is 36.4 Å². The standard InChI is InChI=1S/C21H17ClO6S2/c1-13-7-8-14(2)19(11-13)30(25,26)28-17-6-4-3-5-15(17)21(24)27-12-16(23)18-9-10-20(22)29-18/h3-11H,12H2,1-2H3. The number of carbonyl (C=O) groups excluding carboxylic acids is 2. The molecular weight excluding hydrogens is 448 g/mol. The van der Waals surface area contributed by atoms with Gasteiger partial charge in [-0.2, -0.15) is 8.42 Å². The van der Waals surface area contributed by atoms with Crippen LogP contribution in [0.1, 0.15) is 31.2 Å². The highest BCUT2D eigenvalue weighted by molar-refractivity contribution is 7.87. The number of hydrogen-bond donors (Lipinski definition) is 0. The third-order valence-electron chi connectivity index (χ3n) is 4.10. The molecule has 1 heterocycles. The monoisotopic (exact) mass is 464 g/mol. The van der Waals surface area contributed by atoms with Gasteiger partial charge in [-0.15, -0.1) is 11.3 Å². The normalized spacial score (nSPS) is 11.2. The molecule has 0 unspecified atom stereocenters. The summed E-state index contributed by atoms with van der Waals surface area (Å²) in [5.41, 5.74) is 1.16. The van der Waals surface area contributed by atoms with Gasteiger partial charge in [0.1, 0.15) is 10.5 Å². The molecule has 3 rings (SSSR count). The van der Waals surface area contributed by atoms with E-state index in [2.05, 4.69) is 0 Å². The number of aryl methyl sites for hydroxylation is 2. The molecule has 0 saturated heterocycles. The minimum Gasteiger partial charge on any atom is -0.454 e. The van der Waals surface area contributed by atoms with Gasteiger partial charge in [0.05, 0.1) is 9.21 Å². The summed E-state index contributed by atoms with van der Waals surface area (Å²) >= 11 is 6.88. The first-order chi connectivity index (χ1) is 14.2. The van der Waals surface area contributed by atoms with Gasteiger partial charge in [-0.25, -0.2) is 4.79 Å². The molecule has 0 aliphatic carbocycles. The van der Waals surface area contributed by atoms with Gasteiger partial charge in [-0.05, 0) is 55.3 Å². The van der Waals surface area contributed by atoms with Crippen molar-refractivity contribution < 1.29 is 26.9 Å². The van der Waals surface area contributed by atoms with Gasteiger partial charge in [0.2, 0.25) is 5.78 Å². The predicted octanol–water partition coefficient (Wildman–Crippen LogP) is 4.83. The molecule has 0 saturated carbocycles. The maximum Gasteiger partial charge on any atom is 0.342 e. The van der Waals surface area contributed by atoms with Crippen LogP contribution in [-0.4, -0.2) is 26.8 Å². The summed E-state index contributed by atoms with van der Waals surface area (Å²) in [5.74, 6) is -1.48. The molecular formula is C21H17ClO6S2. The van der Waals surface area contributed by atoms with Gasteiger partial charge in [-0.3, -0.25) is 4.79 Å². The van der Waals surface area contributed by atoms with Crippen LogP contribution >= 0.6 is 22.9 Å². The Hall–Kier alpha value is -2.68. The van der Waals surface area contributed by atoms with Crippen molar-refractivity contribution in [2.45, 2.75) is 18.7 Å². The summed E-state index contributed by atoms with van der Waals surface area (Å²) in [4.78, 5) is 25.0. The zero-order chi connectivity index (χ0) is 21.9. The van der Waals surface area contributed by atoms with E-state index in [-0.39, 0.29) is 16.2 Å². The van der Waals surface area contributed by atoms with E-state index in [1.807, 2.05) is 0 Å². The fourth-order valence-electron chi connectivity index (χ4n) is 2.59. The third-order valence-corrected chi connectivity index (χ3v) is 6.75. The highest BCUT2D eigenvalue weighted by Gasteiger charge is 2.24. The molecule has 0 radical (unpaired) electrons. The van der Waals surface area contributed by atoms with Crippen LogP contribution in [0.4, 0.5) is 0 Å². The molecule has 0 amide bonds. The Bertz CT molecular complexity index is 1210. The van der Waals surface area contributed by atoms with Crippen molar-refractivity contribution in [2.75, 3.05) is 6.61 Å². The van der Waals surface area contributed by atoms with Crippen LogP contribution < -0.4 is 4.18 Å². The van der Waals surface area contributed by atoms with E-state index < -0.39 is 28.5 Å². The van der Waals surface area contributed by atoms with Crippen LogP contribution in [0.5, 0.6) is 5.75 Å². The van der Waals surface area contributed by atoms with Crippen LogP contribution in [0.2, 0.25) is 4.34 Å². The van der Waals surface area contributed by atoms with Crippen LogP contribution in [0, 0.1) is 13.8 Å². The fourth-order valence-corrected chi connectivity index (χ4v) is 4.82. The van der Waals surface area contributed by atoms with E-state index in [4.69, 9.17) is 20.5 Å². The van der Waals surface area contributed by atoms with Crippen molar-refractivity contribution in [2.24, 2.45) is 0 Å². The molecule has 0 aliphatic heterocycles. The summed E-state index contributed by atoms with van der Waals surface area (Å²) in [6.07, 6.45) is 0. The number of thiophene rings is 1. The van der Waals surface area contributed by atoms with E-state index in [0.717, 1.165) is 16.9 Å². The smallest absolute Gasteiger partial charge is 0.342 e. The number of benzene rings is 2. The Labute approximate surface area is 183 Å². The van der Waals surface area contributed by atoms with Crippen molar-refractivity contribution >= 4 is 44.8 Å². The molecule has 0 fully saturated rings. The van der Waals surface area contributed by atoms with Gasteiger partial charge in [0, 0.05) is 0 Å². The number of halogens is 1. The Morgan fingerprint density at radius 2 is 1.77 bits per heavy atom. The highest BCUT2D eigenvalue weighted by Crippen LogP contribution is 2.26. The van der Waals surface area contributed by atoms with Crippen molar-refractivity contribution in [3.8, 4) is 5.75 Å². The molecule has 0 spiro atoms. The summed E-state index contributed by atoms with van der Waals surface area (Å²) in [6.45, 7) is 2.91. The lowest BCUT2D eigenvalue weighted by Gasteiger charge is -2.13. The third kappa shape index (κ3) is 5.08. The fraction of sp³-hybridized carbons (Fsp3) is 0.143. The Kier molecular flexibility index (Phi) is 6.60. The minimum atomic E-state index is -4.18. The SMILES string of the molecule is Cc1ccc(C)c(S(=O)(=O)Oc2ccccc2C(=O)OCC(=O)c2ccc(Cl)s2)c1. The van der Waals surface area contributed by atoms with Crippen LogP contribution in [0.15, 0.2) is 59.5 Å². The molecule has 3 aromatic rings. The molecule has 156 valence electrons. The van der Waals surface area contributed by atoms with E-state index in [9.17, 15) is 18.0 Å². The topological polar surface area (TPSA) is 86.7 Å². The summed E-state index contributed by atoms with van der Waals surface area (Å²) < 4.78 is 36.3. The van der Waals surface area contributed by atoms with Gasteiger partial charge >= 0.3 is 16.1 Å². The number of carbonyl (C=O) groups is 2. The van der Waals surface area contributed by atoms with Crippen LogP contribution in [-0.2, 0) is 14.9 Å². The molecule has 0 bridgehead atoms. The largest absolute Gasteiger partial charge is 0.454 e. The number of esters is 1. The second-order valence-corrected chi connectivity index (χ2v) is 9.64.